The van der Waals surface area contributed by atoms with E-state index in [4.69, 9.17) is 4.74 Å². The molecule has 0 aliphatic carbocycles. The number of carbonyl (C=O) groups excluding carboxylic acids is 2. The Morgan fingerprint density at radius 1 is 1.09 bits per heavy atom. The van der Waals surface area contributed by atoms with Gasteiger partial charge in [0, 0.05) is 23.0 Å². The van der Waals surface area contributed by atoms with E-state index in [2.05, 4.69) is 0 Å². The van der Waals surface area contributed by atoms with E-state index in [1.807, 2.05) is 32.2 Å². The molecule has 1 aromatic heterocycles. The molecule has 0 saturated heterocycles. The maximum absolute atomic E-state index is 13.6. The zero-order valence-corrected chi connectivity index (χ0v) is 20.9. The summed E-state index contributed by atoms with van der Waals surface area (Å²) in [5.74, 6) is -0.0979. The molecule has 2 amide bonds. The van der Waals surface area contributed by atoms with Crippen LogP contribution in [-0.4, -0.2) is 41.3 Å². The molecular weight excluding hydrogens is 451 g/mol. The third-order valence-corrected chi connectivity index (χ3v) is 6.96. The number of amides is 2. The lowest BCUT2D eigenvalue weighted by Gasteiger charge is -2.31. The van der Waals surface area contributed by atoms with Crippen molar-refractivity contribution in [3.05, 3.63) is 87.4 Å². The van der Waals surface area contributed by atoms with Gasteiger partial charge in [-0.3, -0.25) is 9.59 Å². The molecule has 3 aromatic rings. The summed E-state index contributed by atoms with van der Waals surface area (Å²) in [6.45, 7) is 6.67. The van der Waals surface area contributed by atoms with Gasteiger partial charge in [0.05, 0.1) is 13.7 Å². The average molecular weight is 483 g/mol. The number of carbonyl (C=O) groups is 2. The van der Waals surface area contributed by atoms with Crippen LogP contribution >= 0.6 is 11.3 Å². The number of nitrogens with zero attached hydrogens (tertiary/aromatic N) is 2. The third kappa shape index (κ3) is 6.44. The fourth-order valence-corrected chi connectivity index (χ4v) is 4.52. The van der Waals surface area contributed by atoms with Gasteiger partial charge in [-0.15, -0.1) is 11.3 Å². The lowest BCUT2D eigenvalue weighted by atomic mass is 10.1. The highest BCUT2D eigenvalue weighted by atomic mass is 32.1. The zero-order valence-electron chi connectivity index (χ0n) is 20.1. The summed E-state index contributed by atoms with van der Waals surface area (Å²) in [4.78, 5) is 31.4. The van der Waals surface area contributed by atoms with Crippen LogP contribution in [0, 0.1) is 12.7 Å². The van der Waals surface area contributed by atoms with Gasteiger partial charge in [-0.25, -0.2) is 4.39 Å². The highest BCUT2D eigenvalue weighted by Crippen LogP contribution is 2.21. The Labute approximate surface area is 204 Å². The number of hydrogen-bond acceptors (Lipinski definition) is 4. The average Bonchev–Trinajstić information content (AvgIpc) is 3.26. The number of hydrogen-bond donors (Lipinski definition) is 0. The van der Waals surface area contributed by atoms with Crippen LogP contribution in [-0.2, 0) is 17.9 Å². The first-order valence-corrected chi connectivity index (χ1v) is 12.2. The van der Waals surface area contributed by atoms with Crippen LogP contribution in [0.5, 0.6) is 5.75 Å². The Kier molecular flexibility index (Phi) is 8.82. The second-order valence-electron chi connectivity index (χ2n) is 8.33. The minimum absolute atomic E-state index is 0.0450. The molecule has 1 unspecified atom stereocenters. The van der Waals surface area contributed by atoms with E-state index in [1.165, 1.54) is 12.1 Å². The van der Waals surface area contributed by atoms with Gasteiger partial charge in [0.15, 0.2) is 0 Å². The highest BCUT2D eigenvalue weighted by molar-refractivity contribution is 7.10. The van der Waals surface area contributed by atoms with Crippen molar-refractivity contribution in [1.29, 1.82) is 0 Å². The standard InChI is InChI=1S/C27H31FN2O3S/c1-5-20(3)30(27(32)22-7-6-8-24(15-22)33-4)18-26(31)29(17-25-19(2)13-14-34-25)16-21-9-11-23(28)12-10-21/h6-15,20H,5,16-18H2,1-4H3. The Morgan fingerprint density at radius 3 is 2.44 bits per heavy atom. The lowest BCUT2D eigenvalue weighted by molar-refractivity contribution is -0.133. The van der Waals surface area contributed by atoms with Crippen LogP contribution in [0.3, 0.4) is 0 Å². The quantitative estimate of drug-likeness (QED) is 0.374. The summed E-state index contributed by atoms with van der Waals surface area (Å²) in [5, 5.41) is 2.00. The topological polar surface area (TPSA) is 49.9 Å². The number of methoxy groups -OCH3 is 1. The van der Waals surface area contributed by atoms with Crippen LogP contribution in [0.4, 0.5) is 4.39 Å². The monoisotopic (exact) mass is 482 g/mol. The molecule has 0 aliphatic heterocycles. The number of thiophene rings is 1. The van der Waals surface area contributed by atoms with Crippen molar-refractivity contribution in [2.24, 2.45) is 0 Å². The number of rotatable bonds is 10. The molecule has 7 heteroatoms. The molecule has 0 bridgehead atoms. The van der Waals surface area contributed by atoms with Gasteiger partial charge >= 0.3 is 0 Å². The summed E-state index contributed by atoms with van der Waals surface area (Å²) >= 11 is 1.60. The summed E-state index contributed by atoms with van der Waals surface area (Å²) in [6.07, 6.45) is 0.713. The minimum atomic E-state index is -0.317. The molecule has 0 fully saturated rings. The van der Waals surface area contributed by atoms with Crippen LogP contribution < -0.4 is 4.74 Å². The first-order chi connectivity index (χ1) is 16.3. The molecule has 1 heterocycles. The molecule has 0 radical (unpaired) electrons. The van der Waals surface area contributed by atoms with Crippen molar-refractivity contribution < 1.29 is 18.7 Å². The van der Waals surface area contributed by atoms with Gasteiger partial charge in [0.2, 0.25) is 5.91 Å². The molecule has 5 nitrogen and oxygen atoms in total. The predicted octanol–water partition coefficient (Wildman–Crippen LogP) is 5.67. The van der Waals surface area contributed by atoms with Gasteiger partial charge in [-0.1, -0.05) is 25.1 Å². The van der Waals surface area contributed by atoms with Gasteiger partial charge < -0.3 is 14.5 Å². The lowest BCUT2D eigenvalue weighted by Crippen LogP contribution is -2.46. The van der Waals surface area contributed by atoms with Gasteiger partial charge in [0.25, 0.3) is 5.91 Å². The Balaban J connectivity index is 1.86. The fourth-order valence-electron chi connectivity index (χ4n) is 3.60. The Bertz CT molecular complexity index is 1110. The molecule has 0 aliphatic rings. The predicted molar refractivity (Wildman–Crippen MR) is 133 cm³/mol. The largest absolute Gasteiger partial charge is 0.497 e. The minimum Gasteiger partial charge on any atom is -0.497 e. The van der Waals surface area contributed by atoms with E-state index in [0.29, 0.717) is 30.8 Å². The highest BCUT2D eigenvalue weighted by Gasteiger charge is 2.26. The first kappa shape index (κ1) is 25.4. The number of aryl methyl sites for hydroxylation is 1. The number of halogens is 1. The Morgan fingerprint density at radius 2 is 1.82 bits per heavy atom. The van der Waals surface area contributed by atoms with Crippen molar-refractivity contribution >= 4 is 23.2 Å². The summed E-state index contributed by atoms with van der Waals surface area (Å²) in [5.41, 5.74) is 2.43. The van der Waals surface area contributed by atoms with Crippen molar-refractivity contribution in [3.63, 3.8) is 0 Å². The summed E-state index contributed by atoms with van der Waals surface area (Å²) in [7, 11) is 1.56. The molecule has 0 N–H and O–H groups in total. The van der Waals surface area contributed by atoms with Crippen LogP contribution in [0.2, 0.25) is 0 Å². The fraction of sp³-hybridized carbons (Fsp3) is 0.333. The Hall–Kier alpha value is -3.19. The van der Waals surface area contributed by atoms with Crippen LogP contribution in [0.1, 0.15) is 46.6 Å². The second-order valence-corrected chi connectivity index (χ2v) is 9.33. The maximum Gasteiger partial charge on any atom is 0.254 e. The molecule has 34 heavy (non-hydrogen) atoms. The molecule has 0 saturated carbocycles. The number of benzene rings is 2. The SMILES string of the molecule is CCC(C)N(CC(=O)N(Cc1ccc(F)cc1)Cc1sccc1C)C(=O)c1cccc(OC)c1. The van der Waals surface area contributed by atoms with E-state index in [0.717, 1.165) is 16.0 Å². The van der Waals surface area contributed by atoms with E-state index in [1.54, 1.807) is 64.6 Å². The molecule has 2 aromatic carbocycles. The molecule has 180 valence electrons. The van der Waals surface area contributed by atoms with Crippen molar-refractivity contribution in [3.8, 4) is 5.75 Å². The van der Waals surface area contributed by atoms with E-state index < -0.39 is 0 Å². The van der Waals surface area contributed by atoms with Crippen molar-refractivity contribution in [1.82, 2.24) is 9.80 Å². The molecule has 1 atom stereocenters. The van der Waals surface area contributed by atoms with Crippen LogP contribution in [0.15, 0.2) is 60.0 Å². The van der Waals surface area contributed by atoms with E-state index in [9.17, 15) is 14.0 Å². The molecular formula is C27H31FN2O3S. The smallest absolute Gasteiger partial charge is 0.254 e. The molecule has 3 rings (SSSR count). The second kappa shape index (κ2) is 11.8. The third-order valence-electron chi connectivity index (χ3n) is 5.95. The summed E-state index contributed by atoms with van der Waals surface area (Å²) in [6, 6.07) is 15.0. The zero-order chi connectivity index (χ0) is 24.7. The van der Waals surface area contributed by atoms with Crippen molar-refractivity contribution in [2.75, 3.05) is 13.7 Å². The van der Waals surface area contributed by atoms with Gasteiger partial charge in [-0.2, -0.15) is 0 Å². The van der Waals surface area contributed by atoms with Gasteiger partial charge in [-0.05, 0) is 73.2 Å². The maximum atomic E-state index is 13.6. The van der Waals surface area contributed by atoms with E-state index >= 15 is 0 Å². The van der Waals surface area contributed by atoms with Gasteiger partial charge in [0.1, 0.15) is 18.1 Å². The van der Waals surface area contributed by atoms with Crippen LogP contribution in [0.25, 0.3) is 0 Å². The first-order valence-electron chi connectivity index (χ1n) is 11.3. The summed E-state index contributed by atoms with van der Waals surface area (Å²) < 4.78 is 18.7. The normalized spacial score (nSPS) is 11.7. The van der Waals surface area contributed by atoms with E-state index in [-0.39, 0.29) is 30.2 Å². The van der Waals surface area contributed by atoms with Crippen molar-refractivity contribution in [2.45, 2.75) is 46.3 Å². The molecule has 0 spiro atoms. The number of ether oxygens (including phenoxy) is 1.